The second-order valence-electron chi connectivity index (χ2n) is 2.24. The van der Waals surface area contributed by atoms with Crippen molar-refractivity contribution in [2.75, 3.05) is 6.26 Å². The van der Waals surface area contributed by atoms with Crippen LogP contribution in [-0.4, -0.2) is 26.7 Å². The number of hydrogen-bond acceptors (Lipinski definition) is 2. The Labute approximate surface area is 70.8 Å². The average Bonchev–Trinajstić information content (AvgIpc) is 2.34. The van der Waals surface area contributed by atoms with Gasteiger partial charge in [0.25, 0.3) is 6.43 Å². The molecule has 1 aromatic heterocycles. The molecule has 0 aliphatic carbocycles. The minimum absolute atomic E-state index is 0.447. The van der Waals surface area contributed by atoms with E-state index in [2.05, 4.69) is 5.10 Å². The van der Waals surface area contributed by atoms with Crippen LogP contribution in [0.5, 0.6) is 0 Å². The zero-order chi connectivity index (χ0) is 9.14. The van der Waals surface area contributed by atoms with Crippen molar-refractivity contribution in [3.8, 4) is 0 Å². The molecule has 0 saturated carbocycles. The Bertz CT molecular complexity index is 287. The van der Waals surface area contributed by atoms with Crippen molar-refractivity contribution in [3.63, 3.8) is 0 Å². The molecule has 0 amide bonds. The summed E-state index contributed by atoms with van der Waals surface area (Å²) in [5, 5.41) is 3.62. The third-order valence-corrected chi connectivity index (χ3v) is 2.14. The van der Waals surface area contributed by atoms with E-state index in [1.165, 1.54) is 18.6 Å². The molecule has 0 aromatic carbocycles. The van der Waals surface area contributed by atoms with E-state index in [9.17, 15) is 13.0 Å². The van der Waals surface area contributed by atoms with Crippen molar-refractivity contribution in [2.24, 2.45) is 0 Å². The number of alkyl halides is 2. The Morgan fingerprint density at radius 1 is 1.75 bits per heavy atom. The highest BCUT2D eigenvalue weighted by Gasteiger charge is 2.06. The first-order chi connectivity index (χ1) is 5.59. The monoisotopic (exact) mass is 194 g/mol. The molecule has 0 radical (unpaired) electrons. The van der Waals surface area contributed by atoms with Crippen LogP contribution in [0.1, 0.15) is 0 Å². The minimum Gasteiger partial charge on any atom is -0.266 e. The van der Waals surface area contributed by atoms with Gasteiger partial charge in [0.15, 0.2) is 0 Å². The Morgan fingerprint density at radius 2 is 2.42 bits per heavy atom. The van der Waals surface area contributed by atoms with Gasteiger partial charge in [-0.25, -0.2) is 8.78 Å². The first kappa shape index (κ1) is 9.31. The maximum Gasteiger partial charge on any atom is 0.257 e. The molecule has 1 heterocycles. The zero-order valence-electron chi connectivity index (χ0n) is 6.41. The van der Waals surface area contributed by atoms with Crippen LogP contribution < -0.4 is 0 Å². The van der Waals surface area contributed by atoms with Crippen molar-refractivity contribution in [3.05, 3.63) is 12.4 Å². The van der Waals surface area contributed by atoms with Crippen LogP contribution in [0.4, 0.5) is 8.78 Å². The molecule has 68 valence electrons. The molecule has 0 N–H and O–H groups in total. The van der Waals surface area contributed by atoms with Gasteiger partial charge >= 0.3 is 0 Å². The number of rotatable bonds is 3. The van der Waals surface area contributed by atoms with Crippen LogP contribution in [0.3, 0.4) is 0 Å². The molecular weight excluding hydrogens is 186 g/mol. The van der Waals surface area contributed by atoms with E-state index in [4.69, 9.17) is 0 Å². The lowest BCUT2D eigenvalue weighted by atomic mass is 10.7. The third-order valence-electron chi connectivity index (χ3n) is 1.27. The highest BCUT2D eigenvalue weighted by molar-refractivity contribution is 7.84. The summed E-state index contributed by atoms with van der Waals surface area (Å²) in [5.74, 6) is 0. The summed E-state index contributed by atoms with van der Waals surface area (Å²) in [6.45, 7) is -0.447. The van der Waals surface area contributed by atoms with Gasteiger partial charge in [0.2, 0.25) is 0 Å². The van der Waals surface area contributed by atoms with E-state index in [1.54, 1.807) is 0 Å². The van der Waals surface area contributed by atoms with Gasteiger partial charge in [-0.3, -0.25) is 8.89 Å². The number of hydrogen-bond donors (Lipinski definition) is 0. The van der Waals surface area contributed by atoms with Gasteiger partial charge in [0, 0.05) is 12.5 Å². The molecule has 0 aliphatic rings. The molecule has 0 aliphatic heterocycles. The summed E-state index contributed by atoms with van der Waals surface area (Å²) >= 11 is 0. The molecule has 0 fully saturated rings. The molecule has 3 nitrogen and oxygen atoms in total. The van der Waals surface area contributed by atoms with E-state index < -0.39 is 23.8 Å². The maximum atomic E-state index is 11.8. The van der Waals surface area contributed by atoms with Crippen LogP contribution in [0, 0.1) is 0 Å². The quantitative estimate of drug-likeness (QED) is 0.716. The topological polar surface area (TPSA) is 34.9 Å². The lowest BCUT2D eigenvalue weighted by Crippen LogP contribution is -2.06. The van der Waals surface area contributed by atoms with Gasteiger partial charge in [-0.1, -0.05) is 0 Å². The fraction of sp³-hybridized carbons (Fsp3) is 0.500. The number of nitrogens with zero attached hydrogens (tertiary/aromatic N) is 2. The molecule has 1 aromatic rings. The molecule has 1 unspecified atom stereocenters. The number of aromatic nitrogens is 2. The molecule has 0 bridgehead atoms. The summed E-state index contributed by atoms with van der Waals surface area (Å²) in [5.41, 5.74) is 0. The molecular formula is C6H8F2N2OS. The van der Waals surface area contributed by atoms with Crippen LogP contribution in [-0.2, 0) is 17.3 Å². The summed E-state index contributed by atoms with van der Waals surface area (Å²) in [4.78, 5) is 0.468. The molecule has 12 heavy (non-hydrogen) atoms. The molecule has 6 heteroatoms. The standard InChI is InChI=1S/C6H8F2N2OS/c1-12(11)5-2-9-10(3-5)4-6(7)8/h2-3,6H,4H2,1H3. The summed E-state index contributed by atoms with van der Waals surface area (Å²) < 4.78 is 35.5. The predicted octanol–water partition coefficient (Wildman–Crippen LogP) is 0.886. The van der Waals surface area contributed by atoms with E-state index in [0.29, 0.717) is 4.90 Å². The molecule has 1 rings (SSSR count). The smallest absolute Gasteiger partial charge is 0.257 e. The normalized spacial score (nSPS) is 13.7. The summed E-state index contributed by atoms with van der Waals surface area (Å²) in [6.07, 6.45) is 1.74. The van der Waals surface area contributed by atoms with Crippen LogP contribution in [0.25, 0.3) is 0 Å². The molecule has 0 spiro atoms. The van der Waals surface area contributed by atoms with Crippen molar-refractivity contribution in [2.45, 2.75) is 17.9 Å². The van der Waals surface area contributed by atoms with Crippen molar-refractivity contribution in [1.29, 1.82) is 0 Å². The predicted molar refractivity (Wildman–Crippen MR) is 40.6 cm³/mol. The van der Waals surface area contributed by atoms with E-state index >= 15 is 0 Å². The Kier molecular flexibility index (Phi) is 2.91. The summed E-state index contributed by atoms with van der Waals surface area (Å²) in [7, 11) is -1.15. The average molecular weight is 194 g/mol. The Morgan fingerprint density at radius 3 is 2.83 bits per heavy atom. The lowest BCUT2D eigenvalue weighted by Gasteiger charge is -1.97. The van der Waals surface area contributed by atoms with Gasteiger partial charge < -0.3 is 0 Å². The van der Waals surface area contributed by atoms with Crippen molar-refractivity contribution in [1.82, 2.24) is 9.78 Å². The molecule has 1 atom stereocenters. The van der Waals surface area contributed by atoms with Gasteiger partial charge in [-0.2, -0.15) is 5.10 Å². The van der Waals surface area contributed by atoms with E-state index in [1.807, 2.05) is 0 Å². The van der Waals surface area contributed by atoms with Gasteiger partial charge in [0.1, 0.15) is 6.54 Å². The van der Waals surface area contributed by atoms with Crippen LogP contribution in [0.15, 0.2) is 17.3 Å². The van der Waals surface area contributed by atoms with Gasteiger partial charge in [-0.05, 0) is 0 Å². The van der Waals surface area contributed by atoms with Crippen molar-refractivity contribution >= 4 is 10.8 Å². The largest absolute Gasteiger partial charge is 0.266 e. The van der Waals surface area contributed by atoms with Crippen LogP contribution in [0.2, 0.25) is 0 Å². The lowest BCUT2D eigenvalue weighted by molar-refractivity contribution is 0.121. The third kappa shape index (κ3) is 2.37. The first-order valence-corrected chi connectivity index (χ1v) is 4.79. The highest BCUT2D eigenvalue weighted by Crippen LogP contribution is 2.04. The SMILES string of the molecule is CS(=O)c1cnn(CC(F)F)c1. The van der Waals surface area contributed by atoms with E-state index in [0.717, 1.165) is 4.68 Å². The number of halogens is 2. The molecule has 0 saturated heterocycles. The minimum atomic E-state index is -2.43. The summed E-state index contributed by atoms with van der Waals surface area (Å²) in [6, 6.07) is 0. The Hall–Kier alpha value is -0.780. The highest BCUT2D eigenvalue weighted by atomic mass is 32.2. The van der Waals surface area contributed by atoms with Crippen molar-refractivity contribution < 1.29 is 13.0 Å². The second-order valence-corrected chi connectivity index (χ2v) is 3.62. The van der Waals surface area contributed by atoms with E-state index in [-0.39, 0.29) is 0 Å². The maximum absolute atomic E-state index is 11.8. The Balaban J connectivity index is 2.71. The van der Waals surface area contributed by atoms with Crippen LogP contribution >= 0.6 is 0 Å². The van der Waals surface area contributed by atoms with Gasteiger partial charge in [-0.15, -0.1) is 0 Å². The zero-order valence-corrected chi connectivity index (χ0v) is 7.22. The second kappa shape index (κ2) is 3.75. The fourth-order valence-corrected chi connectivity index (χ4v) is 1.20. The van der Waals surface area contributed by atoms with Gasteiger partial charge in [0.05, 0.1) is 21.9 Å². The fourth-order valence-electron chi connectivity index (χ4n) is 0.734. The first-order valence-electron chi connectivity index (χ1n) is 3.23.